The van der Waals surface area contributed by atoms with Crippen molar-refractivity contribution in [3.63, 3.8) is 0 Å². The van der Waals surface area contributed by atoms with Crippen molar-refractivity contribution in [1.82, 2.24) is 19.4 Å². The van der Waals surface area contributed by atoms with Crippen LogP contribution in [0.5, 0.6) is 0 Å². The minimum atomic E-state index is -0.221. The summed E-state index contributed by atoms with van der Waals surface area (Å²) in [6, 6.07) is 7.93. The maximum absolute atomic E-state index is 9.64. The Hall–Kier alpha value is -2.15. The van der Waals surface area contributed by atoms with Crippen molar-refractivity contribution >= 4 is 34.1 Å². The molecule has 1 saturated heterocycles. The zero-order valence-electron chi connectivity index (χ0n) is 14.0. The summed E-state index contributed by atoms with van der Waals surface area (Å²) in [7, 11) is 1.98. The average molecular weight is 358 g/mol. The van der Waals surface area contributed by atoms with Crippen LogP contribution in [0.3, 0.4) is 0 Å². The topological polar surface area (TPSA) is 66.2 Å². The van der Waals surface area contributed by atoms with E-state index in [0.29, 0.717) is 12.5 Å². The largest absolute Gasteiger partial charge is 0.392 e. The van der Waals surface area contributed by atoms with E-state index in [4.69, 9.17) is 11.6 Å². The number of anilines is 2. The third-order valence-corrected chi connectivity index (χ3v) is 4.84. The second kappa shape index (κ2) is 6.63. The van der Waals surface area contributed by atoms with Crippen molar-refractivity contribution in [3.05, 3.63) is 47.4 Å². The number of nitrogens with zero attached hydrogens (tertiary/aromatic N) is 4. The molecule has 0 amide bonds. The molecular weight excluding hydrogens is 338 g/mol. The predicted octanol–water partition coefficient (Wildman–Crippen LogP) is 2.93. The Morgan fingerprint density at radius 2 is 2.24 bits per heavy atom. The van der Waals surface area contributed by atoms with E-state index in [9.17, 15) is 5.11 Å². The van der Waals surface area contributed by atoms with Crippen LogP contribution in [0.1, 0.15) is 12.1 Å². The van der Waals surface area contributed by atoms with Gasteiger partial charge in [-0.05, 0) is 30.7 Å². The number of aliphatic hydroxyl groups is 1. The third kappa shape index (κ3) is 3.46. The number of rotatable bonds is 4. The fraction of sp³-hybridized carbons (Fsp3) is 0.333. The van der Waals surface area contributed by atoms with Crippen LogP contribution < -0.4 is 5.32 Å². The molecule has 0 aliphatic carbocycles. The number of aromatic nitrogens is 3. The quantitative estimate of drug-likeness (QED) is 0.751. The summed E-state index contributed by atoms with van der Waals surface area (Å²) >= 11 is 6.28. The Morgan fingerprint density at radius 1 is 1.36 bits per heavy atom. The van der Waals surface area contributed by atoms with Gasteiger partial charge in [-0.2, -0.15) is 0 Å². The number of halogens is 1. The molecule has 1 aliphatic heterocycles. The Labute approximate surface area is 151 Å². The summed E-state index contributed by atoms with van der Waals surface area (Å²) < 4.78 is 2.00. The van der Waals surface area contributed by atoms with Crippen molar-refractivity contribution in [2.75, 3.05) is 18.4 Å². The molecule has 3 aromatic rings. The Balaban J connectivity index is 1.52. The molecule has 0 bridgehead atoms. The highest BCUT2D eigenvalue weighted by molar-refractivity contribution is 6.35. The van der Waals surface area contributed by atoms with Gasteiger partial charge in [0.05, 0.1) is 16.8 Å². The van der Waals surface area contributed by atoms with Gasteiger partial charge in [0.2, 0.25) is 5.95 Å². The fourth-order valence-electron chi connectivity index (χ4n) is 3.28. The summed E-state index contributed by atoms with van der Waals surface area (Å²) in [5.74, 6) is 0.559. The molecule has 1 aliphatic rings. The molecule has 0 spiro atoms. The third-order valence-electron chi connectivity index (χ3n) is 4.54. The Morgan fingerprint density at radius 3 is 3.04 bits per heavy atom. The van der Waals surface area contributed by atoms with Gasteiger partial charge in [0.25, 0.3) is 0 Å². The number of benzene rings is 1. The first-order chi connectivity index (χ1) is 12.1. The zero-order valence-corrected chi connectivity index (χ0v) is 14.7. The van der Waals surface area contributed by atoms with E-state index >= 15 is 0 Å². The molecule has 1 atom stereocenters. The van der Waals surface area contributed by atoms with E-state index in [1.54, 1.807) is 6.20 Å². The molecule has 7 heteroatoms. The highest BCUT2D eigenvalue weighted by atomic mass is 35.5. The molecule has 1 fully saturated rings. The Bertz CT molecular complexity index is 910. The van der Waals surface area contributed by atoms with Crippen molar-refractivity contribution < 1.29 is 5.11 Å². The lowest BCUT2D eigenvalue weighted by atomic mass is 10.2. The monoisotopic (exact) mass is 357 g/mol. The van der Waals surface area contributed by atoms with Gasteiger partial charge in [-0.3, -0.25) is 4.90 Å². The molecule has 0 saturated carbocycles. The lowest BCUT2D eigenvalue weighted by molar-refractivity contribution is 0.174. The molecule has 3 heterocycles. The van der Waals surface area contributed by atoms with Gasteiger partial charge in [0.15, 0.2) is 0 Å². The van der Waals surface area contributed by atoms with Gasteiger partial charge in [-0.15, -0.1) is 0 Å². The van der Waals surface area contributed by atoms with Crippen molar-refractivity contribution in [2.24, 2.45) is 7.05 Å². The zero-order chi connectivity index (χ0) is 17.4. The van der Waals surface area contributed by atoms with Gasteiger partial charge >= 0.3 is 0 Å². The minimum absolute atomic E-state index is 0.221. The Kier molecular flexibility index (Phi) is 4.33. The lowest BCUT2D eigenvalue weighted by Crippen LogP contribution is -2.22. The number of hydrogen-bond donors (Lipinski definition) is 2. The van der Waals surface area contributed by atoms with Crippen LogP contribution in [0.2, 0.25) is 5.02 Å². The van der Waals surface area contributed by atoms with Crippen LogP contribution in [0.25, 0.3) is 10.9 Å². The second-order valence-electron chi connectivity index (χ2n) is 6.49. The van der Waals surface area contributed by atoms with E-state index in [1.165, 1.54) is 0 Å². The number of aryl methyl sites for hydroxylation is 1. The number of β-amino-alcohol motifs (C(OH)–C–C–N with tert-alkyl or cyclic N) is 1. The molecule has 1 unspecified atom stereocenters. The number of fused-ring (bicyclic) bond motifs is 1. The van der Waals surface area contributed by atoms with E-state index < -0.39 is 0 Å². The van der Waals surface area contributed by atoms with Crippen LogP contribution in [-0.2, 0) is 13.6 Å². The standard InChI is InChI=1S/C18H20ClN5O/c1-23-11-16(19)15-8-12(2-3-17(15)23)21-18-20-6-4-13(22-18)9-24-7-5-14(25)10-24/h2-4,6,8,11,14,25H,5,7,9-10H2,1H3,(H,20,21,22). The molecule has 6 nitrogen and oxygen atoms in total. The minimum Gasteiger partial charge on any atom is -0.392 e. The average Bonchev–Trinajstić information content (AvgIpc) is 3.11. The normalized spacial score (nSPS) is 18.1. The summed E-state index contributed by atoms with van der Waals surface area (Å²) in [5.41, 5.74) is 2.91. The predicted molar refractivity (Wildman–Crippen MR) is 99.1 cm³/mol. The summed E-state index contributed by atoms with van der Waals surface area (Å²) in [4.78, 5) is 11.1. The molecular formula is C18H20ClN5O. The maximum atomic E-state index is 9.64. The molecule has 2 N–H and O–H groups in total. The highest BCUT2D eigenvalue weighted by Gasteiger charge is 2.20. The van der Waals surface area contributed by atoms with Crippen LogP contribution >= 0.6 is 11.6 Å². The number of likely N-dealkylation sites (tertiary alicyclic amines) is 1. The number of hydrogen-bond acceptors (Lipinski definition) is 5. The van der Waals surface area contributed by atoms with Crippen LogP contribution in [0, 0.1) is 0 Å². The van der Waals surface area contributed by atoms with E-state index in [1.807, 2.05) is 42.1 Å². The van der Waals surface area contributed by atoms with Crippen molar-refractivity contribution in [1.29, 1.82) is 0 Å². The molecule has 2 aromatic heterocycles. The van der Waals surface area contributed by atoms with Crippen molar-refractivity contribution in [3.8, 4) is 0 Å². The number of nitrogens with one attached hydrogen (secondary N) is 1. The first kappa shape index (κ1) is 16.3. The van der Waals surface area contributed by atoms with Gasteiger partial charge in [-0.1, -0.05) is 11.6 Å². The van der Waals surface area contributed by atoms with Crippen LogP contribution in [0.4, 0.5) is 11.6 Å². The maximum Gasteiger partial charge on any atom is 0.227 e. The summed E-state index contributed by atoms with van der Waals surface area (Å²) in [5, 5.41) is 14.6. The SMILES string of the molecule is Cn1cc(Cl)c2cc(Nc3nccc(CN4CCC(O)C4)n3)ccc21. The molecule has 1 aromatic carbocycles. The van der Waals surface area contributed by atoms with Crippen LogP contribution in [-0.4, -0.2) is 43.7 Å². The van der Waals surface area contributed by atoms with Crippen molar-refractivity contribution in [2.45, 2.75) is 19.1 Å². The van der Waals surface area contributed by atoms with Gasteiger partial charge < -0.3 is 15.0 Å². The molecule has 130 valence electrons. The fourth-order valence-corrected chi connectivity index (χ4v) is 3.58. The highest BCUT2D eigenvalue weighted by Crippen LogP contribution is 2.28. The summed E-state index contributed by atoms with van der Waals surface area (Å²) in [6.07, 6.45) is 4.26. The lowest BCUT2D eigenvalue weighted by Gasteiger charge is -2.14. The van der Waals surface area contributed by atoms with Crippen LogP contribution in [0.15, 0.2) is 36.7 Å². The summed E-state index contributed by atoms with van der Waals surface area (Å²) in [6.45, 7) is 2.32. The van der Waals surface area contributed by atoms with Gasteiger partial charge in [0.1, 0.15) is 0 Å². The first-order valence-corrected chi connectivity index (χ1v) is 8.70. The van der Waals surface area contributed by atoms with E-state index in [-0.39, 0.29) is 6.10 Å². The molecule has 0 radical (unpaired) electrons. The molecule has 4 rings (SSSR count). The molecule has 25 heavy (non-hydrogen) atoms. The van der Waals surface area contributed by atoms with Gasteiger partial charge in [-0.25, -0.2) is 9.97 Å². The van der Waals surface area contributed by atoms with E-state index in [2.05, 4.69) is 20.2 Å². The van der Waals surface area contributed by atoms with Gasteiger partial charge in [0, 0.05) is 55.7 Å². The van der Waals surface area contributed by atoms with E-state index in [0.717, 1.165) is 46.8 Å². The second-order valence-corrected chi connectivity index (χ2v) is 6.90. The first-order valence-electron chi connectivity index (χ1n) is 8.32. The smallest absolute Gasteiger partial charge is 0.227 e. The number of aliphatic hydroxyl groups excluding tert-OH is 1.